The summed E-state index contributed by atoms with van der Waals surface area (Å²) in [6, 6.07) is 1.74. The topological polar surface area (TPSA) is 64.3 Å². The van der Waals surface area contributed by atoms with Crippen molar-refractivity contribution in [1.29, 1.82) is 0 Å². The predicted molar refractivity (Wildman–Crippen MR) is 73.0 cm³/mol. The molecular formula is C13H14ClF3N2O2. The smallest absolute Gasteiger partial charge is 0.397 e. The standard InChI is InChI=1S/C13H14ClF3N2O2/c14-9-4-10(18)11(3-8(9)13(15,16)17)19-12(20)2-1-7-5-21-6-7/h3-4,7H,1-2,5-6,18H2,(H,19,20). The molecule has 1 fully saturated rings. The average Bonchev–Trinajstić information content (AvgIpc) is 2.29. The molecule has 4 nitrogen and oxygen atoms in total. The second kappa shape index (κ2) is 6.11. The largest absolute Gasteiger partial charge is 0.417 e. The van der Waals surface area contributed by atoms with Gasteiger partial charge in [-0.3, -0.25) is 4.79 Å². The highest BCUT2D eigenvalue weighted by molar-refractivity contribution is 6.32. The Balaban J connectivity index is 2.06. The van der Waals surface area contributed by atoms with Crippen molar-refractivity contribution < 1.29 is 22.7 Å². The highest BCUT2D eigenvalue weighted by atomic mass is 35.5. The van der Waals surface area contributed by atoms with Crippen LogP contribution in [0.3, 0.4) is 0 Å². The van der Waals surface area contributed by atoms with Gasteiger partial charge in [-0.25, -0.2) is 0 Å². The van der Waals surface area contributed by atoms with Crippen LogP contribution in [-0.2, 0) is 15.7 Å². The number of hydrogen-bond donors (Lipinski definition) is 2. The van der Waals surface area contributed by atoms with Crippen molar-refractivity contribution >= 4 is 28.9 Å². The molecule has 1 aliphatic heterocycles. The molecule has 0 atom stereocenters. The number of alkyl halides is 3. The number of anilines is 2. The van der Waals surface area contributed by atoms with E-state index >= 15 is 0 Å². The number of nitrogen functional groups attached to an aromatic ring is 1. The van der Waals surface area contributed by atoms with Crippen molar-refractivity contribution in [1.82, 2.24) is 0 Å². The molecule has 21 heavy (non-hydrogen) atoms. The maximum atomic E-state index is 12.8. The van der Waals surface area contributed by atoms with Crippen molar-refractivity contribution in [3.05, 3.63) is 22.7 Å². The van der Waals surface area contributed by atoms with Crippen LogP contribution in [0.2, 0.25) is 5.02 Å². The van der Waals surface area contributed by atoms with Gasteiger partial charge in [0.1, 0.15) is 0 Å². The van der Waals surface area contributed by atoms with Gasteiger partial charge in [-0.15, -0.1) is 0 Å². The van der Waals surface area contributed by atoms with Crippen LogP contribution >= 0.6 is 11.6 Å². The second-order valence-corrected chi connectivity index (χ2v) is 5.31. The van der Waals surface area contributed by atoms with Crippen LogP contribution < -0.4 is 11.1 Å². The number of nitrogens with two attached hydrogens (primary N) is 1. The first-order valence-electron chi connectivity index (χ1n) is 6.31. The first kappa shape index (κ1) is 15.9. The van der Waals surface area contributed by atoms with E-state index in [1.54, 1.807) is 0 Å². The molecular weight excluding hydrogens is 309 g/mol. The molecule has 0 bridgehead atoms. The van der Waals surface area contributed by atoms with Crippen LogP contribution in [0.15, 0.2) is 12.1 Å². The summed E-state index contributed by atoms with van der Waals surface area (Å²) >= 11 is 5.53. The Morgan fingerprint density at radius 3 is 2.62 bits per heavy atom. The number of ether oxygens (including phenoxy) is 1. The number of carbonyl (C=O) groups excluding carboxylic acids is 1. The molecule has 1 amide bonds. The molecule has 2 rings (SSSR count). The van der Waals surface area contributed by atoms with Crippen molar-refractivity contribution in [2.24, 2.45) is 5.92 Å². The summed E-state index contributed by atoms with van der Waals surface area (Å²) in [6.45, 7) is 1.24. The minimum absolute atomic E-state index is 0.00618. The van der Waals surface area contributed by atoms with E-state index in [1.165, 1.54) is 0 Å². The molecule has 1 aliphatic rings. The molecule has 0 spiro atoms. The van der Waals surface area contributed by atoms with Crippen LogP contribution in [0.1, 0.15) is 18.4 Å². The van der Waals surface area contributed by atoms with Gasteiger partial charge in [0.2, 0.25) is 5.91 Å². The van der Waals surface area contributed by atoms with Crippen molar-refractivity contribution in [2.45, 2.75) is 19.0 Å². The Hall–Kier alpha value is -1.47. The fourth-order valence-corrected chi connectivity index (χ4v) is 2.19. The number of amides is 1. The lowest BCUT2D eigenvalue weighted by Gasteiger charge is -2.25. The molecule has 0 radical (unpaired) electrons. The van der Waals surface area contributed by atoms with Crippen molar-refractivity contribution in [3.8, 4) is 0 Å². The number of rotatable bonds is 4. The predicted octanol–water partition coefficient (Wildman–Crippen LogP) is 3.31. The maximum absolute atomic E-state index is 12.8. The van der Waals surface area contributed by atoms with E-state index in [-0.39, 0.29) is 23.7 Å². The summed E-state index contributed by atoms with van der Waals surface area (Å²) in [5.74, 6) is -0.0481. The van der Waals surface area contributed by atoms with E-state index in [9.17, 15) is 18.0 Å². The zero-order valence-electron chi connectivity index (χ0n) is 11.0. The Labute approximate surface area is 124 Å². The fraction of sp³-hybridized carbons (Fsp3) is 0.462. The average molecular weight is 323 g/mol. The molecule has 0 unspecified atom stereocenters. The third-order valence-electron chi connectivity index (χ3n) is 3.21. The Kier molecular flexibility index (Phi) is 4.63. The number of benzene rings is 1. The molecule has 3 N–H and O–H groups in total. The van der Waals surface area contributed by atoms with Crippen LogP contribution in [0, 0.1) is 5.92 Å². The van der Waals surface area contributed by atoms with Gasteiger partial charge in [-0.1, -0.05) is 11.6 Å². The number of hydrogen-bond acceptors (Lipinski definition) is 3. The molecule has 1 aromatic carbocycles. The summed E-state index contributed by atoms with van der Waals surface area (Å²) in [6.07, 6.45) is -3.77. The van der Waals surface area contributed by atoms with E-state index in [4.69, 9.17) is 22.1 Å². The van der Waals surface area contributed by atoms with Gasteiger partial charge in [-0.05, 0) is 18.6 Å². The molecule has 1 saturated heterocycles. The first-order chi connectivity index (χ1) is 9.77. The fourth-order valence-electron chi connectivity index (χ4n) is 1.91. The zero-order chi connectivity index (χ0) is 15.6. The van der Waals surface area contributed by atoms with Crippen molar-refractivity contribution in [2.75, 3.05) is 24.3 Å². The molecule has 8 heteroatoms. The summed E-state index contributed by atoms with van der Waals surface area (Å²) < 4.78 is 43.2. The Morgan fingerprint density at radius 2 is 2.10 bits per heavy atom. The normalized spacial score (nSPS) is 15.6. The van der Waals surface area contributed by atoms with Gasteiger partial charge in [0.25, 0.3) is 0 Å². The third kappa shape index (κ3) is 4.01. The van der Waals surface area contributed by atoms with Gasteiger partial charge in [-0.2, -0.15) is 13.2 Å². The number of halogens is 4. The van der Waals surface area contributed by atoms with E-state index in [1.807, 2.05) is 0 Å². The summed E-state index contributed by atoms with van der Waals surface area (Å²) in [7, 11) is 0. The minimum Gasteiger partial charge on any atom is -0.397 e. The lowest BCUT2D eigenvalue weighted by Crippen LogP contribution is -2.28. The van der Waals surface area contributed by atoms with Crippen LogP contribution in [-0.4, -0.2) is 19.1 Å². The van der Waals surface area contributed by atoms with Crippen molar-refractivity contribution in [3.63, 3.8) is 0 Å². The zero-order valence-corrected chi connectivity index (χ0v) is 11.7. The SMILES string of the molecule is Nc1cc(Cl)c(C(F)(F)F)cc1NC(=O)CCC1COC1. The maximum Gasteiger partial charge on any atom is 0.417 e. The van der Waals surface area contributed by atoms with Crippen LogP contribution in [0.5, 0.6) is 0 Å². The van der Waals surface area contributed by atoms with E-state index in [2.05, 4.69) is 5.32 Å². The summed E-state index contributed by atoms with van der Waals surface area (Å²) in [5.41, 5.74) is 4.47. The highest BCUT2D eigenvalue weighted by Crippen LogP contribution is 2.38. The van der Waals surface area contributed by atoms with E-state index < -0.39 is 16.8 Å². The molecule has 0 aromatic heterocycles. The first-order valence-corrected chi connectivity index (χ1v) is 6.69. The molecule has 1 heterocycles. The highest BCUT2D eigenvalue weighted by Gasteiger charge is 2.34. The summed E-state index contributed by atoms with van der Waals surface area (Å²) in [5, 5.41) is 1.89. The van der Waals surface area contributed by atoms with E-state index in [0.717, 1.165) is 12.1 Å². The van der Waals surface area contributed by atoms with Gasteiger partial charge < -0.3 is 15.8 Å². The molecule has 0 saturated carbocycles. The molecule has 1 aromatic rings. The third-order valence-corrected chi connectivity index (χ3v) is 3.52. The molecule has 116 valence electrons. The van der Waals surface area contributed by atoms with Gasteiger partial charge >= 0.3 is 6.18 Å². The molecule has 0 aliphatic carbocycles. The Morgan fingerprint density at radius 1 is 1.43 bits per heavy atom. The number of carbonyl (C=O) groups is 1. The van der Waals surface area contributed by atoms with Gasteiger partial charge in [0.15, 0.2) is 0 Å². The quantitative estimate of drug-likeness (QED) is 0.836. The monoisotopic (exact) mass is 322 g/mol. The lowest BCUT2D eigenvalue weighted by molar-refractivity contribution is -0.137. The Bertz CT molecular complexity index is 545. The lowest BCUT2D eigenvalue weighted by atomic mass is 10.0. The second-order valence-electron chi connectivity index (χ2n) is 4.91. The summed E-state index contributed by atoms with van der Waals surface area (Å²) in [4.78, 5) is 11.7. The van der Waals surface area contributed by atoms with Crippen LogP contribution in [0.25, 0.3) is 0 Å². The number of nitrogens with one attached hydrogen (secondary N) is 1. The van der Waals surface area contributed by atoms with E-state index in [0.29, 0.717) is 25.6 Å². The van der Waals surface area contributed by atoms with Crippen LogP contribution in [0.4, 0.5) is 24.5 Å². The van der Waals surface area contributed by atoms with Gasteiger partial charge in [0.05, 0.1) is 35.2 Å². The minimum atomic E-state index is -4.60. The van der Waals surface area contributed by atoms with Gasteiger partial charge in [0, 0.05) is 12.3 Å².